The highest BCUT2D eigenvalue weighted by atomic mass is 35.5. The van der Waals surface area contributed by atoms with Crippen molar-refractivity contribution in [2.45, 2.75) is 12.3 Å². The van der Waals surface area contributed by atoms with Gasteiger partial charge in [0.2, 0.25) is 0 Å². The lowest BCUT2D eigenvalue weighted by Crippen LogP contribution is -2.09. The Morgan fingerprint density at radius 1 is 1.11 bits per heavy atom. The summed E-state index contributed by atoms with van der Waals surface area (Å²) < 4.78 is 5.23. The summed E-state index contributed by atoms with van der Waals surface area (Å²) in [6, 6.07) is 14.8. The van der Waals surface area contributed by atoms with Crippen LogP contribution in [-0.4, -0.2) is 12.9 Å². The summed E-state index contributed by atoms with van der Waals surface area (Å²) in [4.78, 5) is 12.4. The second-order valence-electron chi connectivity index (χ2n) is 4.27. The van der Waals surface area contributed by atoms with Crippen LogP contribution in [0.15, 0.2) is 48.5 Å². The first-order valence-corrected chi connectivity index (χ1v) is 6.45. The Bertz CT molecular complexity index is 579. The summed E-state index contributed by atoms with van der Waals surface area (Å²) in [5.41, 5.74) is 2.22. The second kappa shape index (κ2) is 5.89. The van der Waals surface area contributed by atoms with Crippen LogP contribution in [0.4, 0.5) is 0 Å². The van der Waals surface area contributed by atoms with Crippen LogP contribution in [0.2, 0.25) is 0 Å². The summed E-state index contributed by atoms with van der Waals surface area (Å²) in [6.45, 7) is 1.86. The fraction of sp³-hybridized carbons (Fsp3) is 0.188. The Morgan fingerprint density at radius 2 is 1.79 bits per heavy atom. The molecule has 0 fully saturated rings. The van der Waals surface area contributed by atoms with E-state index in [0.717, 1.165) is 11.1 Å². The smallest absolute Gasteiger partial charge is 0.185 e. The molecule has 0 heterocycles. The molecule has 0 N–H and O–H groups in total. The van der Waals surface area contributed by atoms with Crippen LogP contribution in [0.5, 0.6) is 5.75 Å². The van der Waals surface area contributed by atoms with Crippen molar-refractivity contribution in [3.05, 3.63) is 65.2 Å². The summed E-state index contributed by atoms with van der Waals surface area (Å²) in [7, 11) is 1.59. The lowest BCUT2D eigenvalue weighted by Gasteiger charge is -2.13. The average Bonchev–Trinajstić information content (AvgIpc) is 2.47. The first-order valence-electron chi connectivity index (χ1n) is 6.02. The maximum atomic E-state index is 12.4. The molecular weight excluding hydrogens is 260 g/mol. The highest BCUT2D eigenvalue weighted by Gasteiger charge is 2.21. The molecule has 19 heavy (non-hydrogen) atoms. The molecule has 2 aromatic carbocycles. The molecule has 0 bridgehead atoms. The van der Waals surface area contributed by atoms with E-state index in [1.807, 2.05) is 43.3 Å². The Kier molecular flexibility index (Phi) is 4.23. The number of rotatable bonds is 4. The molecule has 98 valence electrons. The summed E-state index contributed by atoms with van der Waals surface area (Å²) in [6.07, 6.45) is 0. The van der Waals surface area contributed by atoms with Gasteiger partial charge in [0, 0.05) is 11.1 Å². The van der Waals surface area contributed by atoms with E-state index < -0.39 is 5.38 Å². The molecule has 0 aliphatic rings. The Labute approximate surface area is 118 Å². The molecule has 0 spiro atoms. The van der Waals surface area contributed by atoms with Gasteiger partial charge in [0.25, 0.3) is 0 Å². The standard InChI is InChI=1S/C16H15ClO2/c1-11-13(9-6-10-14(11)19-2)16(18)15(17)12-7-4-3-5-8-12/h3-10,15H,1-2H3. The van der Waals surface area contributed by atoms with Crippen LogP contribution in [-0.2, 0) is 0 Å². The lowest BCUT2D eigenvalue weighted by atomic mass is 9.98. The van der Waals surface area contributed by atoms with Crippen molar-refractivity contribution >= 4 is 17.4 Å². The van der Waals surface area contributed by atoms with Gasteiger partial charge < -0.3 is 4.74 Å². The number of alkyl halides is 1. The molecule has 0 radical (unpaired) electrons. The van der Waals surface area contributed by atoms with Crippen molar-refractivity contribution in [3.8, 4) is 5.75 Å². The third kappa shape index (κ3) is 2.79. The number of hydrogen-bond acceptors (Lipinski definition) is 2. The fourth-order valence-corrected chi connectivity index (χ4v) is 2.28. The minimum atomic E-state index is -0.674. The zero-order valence-electron chi connectivity index (χ0n) is 10.9. The fourth-order valence-electron chi connectivity index (χ4n) is 2.01. The number of methoxy groups -OCH3 is 1. The first-order chi connectivity index (χ1) is 9.15. The monoisotopic (exact) mass is 274 g/mol. The van der Waals surface area contributed by atoms with Gasteiger partial charge >= 0.3 is 0 Å². The molecule has 1 unspecified atom stereocenters. The quantitative estimate of drug-likeness (QED) is 0.618. The lowest BCUT2D eigenvalue weighted by molar-refractivity contribution is 0.0986. The van der Waals surface area contributed by atoms with Crippen molar-refractivity contribution < 1.29 is 9.53 Å². The van der Waals surface area contributed by atoms with Gasteiger partial charge in [-0.25, -0.2) is 0 Å². The van der Waals surface area contributed by atoms with E-state index in [0.29, 0.717) is 11.3 Å². The van der Waals surface area contributed by atoms with E-state index in [2.05, 4.69) is 0 Å². The molecule has 1 atom stereocenters. The van der Waals surface area contributed by atoms with Gasteiger partial charge in [0.15, 0.2) is 5.78 Å². The van der Waals surface area contributed by atoms with Crippen LogP contribution in [0, 0.1) is 6.92 Å². The zero-order chi connectivity index (χ0) is 13.8. The second-order valence-corrected chi connectivity index (χ2v) is 4.71. The van der Waals surface area contributed by atoms with E-state index in [-0.39, 0.29) is 5.78 Å². The van der Waals surface area contributed by atoms with Crippen molar-refractivity contribution in [1.82, 2.24) is 0 Å². The highest BCUT2D eigenvalue weighted by Crippen LogP contribution is 2.29. The molecular formula is C16H15ClO2. The third-order valence-electron chi connectivity index (χ3n) is 3.09. The number of ether oxygens (including phenoxy) is 1. The SMILES string of the molecule is COc1cccc(C(=O)C(Cl)c2ccccc2)c1C. The van der Waals surface area contributed by atoms with Gasteiger partial charge in [-0.1, -0.05) is 42.5 Å². The summed E-state index contributed by atoms with van der Waals surface area (Å²) in [5, 5.41) is -0.674. The number of halogens is 1. The molecule has 3 heteroatoms. The van der Waals surface area contributed by atoms with Crippen molar-refractivity contribution in [3.63, 3.8) is 0 Å². The Morgan fingerprint density at radius 3 is 2.42 bits per heavy atom. The molecule has 2 aromatic rings. The molecule has 2 rings (SSSR count). The van der Waals surface area contributed by atoms with Crippen LogP contribution < -0.4 is 4.74 Å². The molecule has 0 amide bonds. The predicted molar refractivity (Wildman–Crippen MR) is 77.1 cm³/mol. The van der Waals surface area contributed by atoms with Gasteiger partial charge in [0.05, 0.1) is 7.11 Å². The maximum Gasteiger partial charge on any atom is 0.185 e. The minimum Gasteiger partial charge on any atom is -0.496 e. The van der Waals surface area contributed by atoms with Crippen molar-refractivity contribution in [2.75, 3.05) is 7.11 Å². The number of carbonyl (C=O) groups is 1. The normalized spacial score (nSPS) is 11.9. The Hall–Kier alpha value is -1.80. The predicted octanol–water partition coefficient (Wildman–Crippen LogP) is 4.17. The van der Waals surface area contributed by atoms with E-state index in [4.69, 9.17) is 16.3 Å². The zero-order valence-corrected chi connectivity index (χ0v) is 11.6. The topological polar surface area (TPSA) is 26.3 Å². The number of carbonyl (C=O) groups excluding carboxylic acids is 1. The number of hydrogen-bond donors (Lipinski definition) is 0. The highest BCUT2D eigenvalue weighted by molar-refractivity contribution is 6.34. The molecule has 2 nitrogen and oxygen atoms in total. The van der Waals surface area contributed by atoms with Gasteiger partial charge in [-0.15, -0.1) is 11.6 Å². The van der Waals surface area contributed by atoms with Crippen LogP contribution in [0.1, 0.15) is 26.9 Å². The first kappa shape index (κ1) is 13.6. The van der Waals surface area contributed by atoms with Crippen LogP contribution in [0.3, 0.4) is 0 Å². The third-order valence-corrected chi connectivity index (χ3v) is 3.54. The van der Waals surface area contributed by atoms with Gasteiger partial charge in [-0.3, -0.25) is 4.79 Å². The van der Waals surface area contributed by atoms with Crippen LogP contribution in [0.25, 0.3) is 0 Å². The minimum absolute atomic E-state index is 0.107. The number of Topliss-reactive ketones (excluding diaryl/α,β-unsaturated/α-hetero) is 1. The molecule has 0 aliphatic carbocycles. The Balaban J connectivity index is 2.35. The van der Waals surface area contributed by atoms with Crippen LogP contribution >= 0.6 is 11.6 Å². The van der Waals surface area contributed by atoms with E-state index in [1.54, 1.807) is 19.2 Å². The van der Waals surface area contributed by atoms with Gasteiger partial charge in [-0.2, -0.15) is 0 Å². The summed E-state index contributed by atoms with van der Waals surface area (Å²) in [5.74, 6) is 0.590. The number of ketones is 1. The summed E-state index contributed by atoms with van der Waals surface area (Å²) >= 11 is 6.27. The van der Waals surface area contributed by atoms with E-state index in [9.17, 15) is 4.79 Å². The van der Waals surface area contributed by atoms with Crippen molar-refractivity contribution in [1.29, 1.82) is 0 Å². The molecule has 0 aliphatic heterocycles. The maximum absolute atomic E-state index is 12.4. The largest absolute Gasteiger partial charge is 0.496 e. The number of benzene rings is 2. The molecule has 0 aromatic heterocycles. The van der Waals surface area contributed by atoms with Gasteiger partial charge in [0.1, 0.15) is 11.1 Å². The van der Waals surface area contributed by atoms with Gasteiger partial charge in [-0.05, 0) is 18.6 Å². The average molecular weight is 275 g/mol. The van der Waals surface area contributed by atoms with Crippen molar-refractivity contribution in [2.24, 2.45) is 0 Å². The molecule has 0 saturated heterocycles. The molecule has 0 saturated carbocycles. The van der Waals surface area contributed by atoms with E-state index >= 15 is 0 Å². The van der Waals surface area contributed by atoms with E-state index in [1.165, 1.54) is 0 Å².